The molecule has 2 aromatic heterocycles. The average Bonchev–Trinajstić information content (AvgIpc) is 2.62. The van der Waals surface area contributed by atoms with Gasteiger partial charge in [-0.1, -0.05) is 30.3 Å². The summed E-state index contributed by atoms with van der Waals surface area (Å²) in [5.74, 6) is 0.456. The minimum atomic E-state index is -0.173. The molecular weight excluding hydrogens is 326 g/mol. The first-order valence-electron chi connectivity index (χ1n) is 8.34. The first-order chi connectivity index (χ1) is 12.6. The number of Topliss-reactive ketones (excluding diaryl/α,β-unsaturated/α-hetero) is 1. The van der Waals surface area contributed by atoms with Crippen molar-refractivity contribution in [3.05, 3.63) is 78.2 Å². The van der Waals surface area contributed by atoms with Crippen molar-refractivity contribution in [1.29, 1.82) is 0 Å². The largest absolute Gasteiger partial charge is 0.311 e. The van der Waals surface area contributed by atoms with E-state index in [1.807, 2.05) is 42.5 Å². The van der Waals surface area contributed by atoms with Crippen LogP contribution in [0.3, 0.4) is 0 Å². The van der Waals surface area contributed by atoms with Crippen LogP contribution in [0.5, 0.6) is 0 Å². The van der Waals surface area contributed by atoms with Crippen LogP contribution in [0.4, 0.5) is 5.82 Å². The SMILES string of the molecule is CC(=O)Nc1cc(-c2cncc(CC(=O)Cc3ccccc3)c2)ccn1. The zero-order chi connectivity index (χ0) is 18.4. The van der Waals surface area contributed by atoms with Crippen LogP contribution in [0.25, 0.3) is 11.1 Å². The predicted molar refractivity (Wildman–Crippen MR) is 101 cm³/mol. The van der Waals surface area contributed by atoms with Crippen LogP contribution in [0.2, 0.25) is 0 Å². The smallest absolute Gasteiger partial charge is 0.222 e. The number of amides is 1. The highest BCUT2D eigenvalue weighted by Gasteiger charge is 2.08. The van der Waals surface area contributed by atoms with Gasteiger partial charge >= 0.3 is 0 Å². The molecule has 1 amide bonds. The Balaban J connectivity index is 1.74. The van der Waals surface area contributed by atoms with Crippen LogP contribution in [0.15, 0.2) is 67.1 Å². The summed E-state index contributed by atoms with van der Waals surface area (Å²) in [4.78, 5) is 31.9. The molecule has 0 saturated carbocycles. The van der Waals surface area contributed by atoms with E-state index >= 15 is 0 Å². The predicted octanol–water partition coefficient (Wildman–Crippen LogP) is 3.46. The van der Waals surface area contributed by atoms with E-state index in [0.717, 1.165) is 22.3 Å². The number of anilines is 1. The fourth-order valence-corrected chi connectivity index (χ4v) is 2.71. The number of benzene rings is 1. The molecule has 130 valence electrons. The van der Waals surface area contributed by atoms with Gasteiger partial charge in [0, 0.05) is 43.9 Å². The minimum Gasteiger partial charge on any atom is -0.311 e. The number of rotatable bonds is 6. The van der Waals surface area contributed by atoms with E-state index in [4.69, 9.17) is 0 Å². The lowest BCUT2D eigenvalue weighted by molar-refractivity contribution is -0.118. The molecular formula is C21H19N3O2. The molecule has 1 N–H and O–H groups in total. The quantitative estimate of drug-likeness (QED) is 0.743. The molecule has 1 aromatic carbocycles. The van der Waals surface area contributed by atoms with Crippen LogP contribution < -0.4 is 5.32 Å². The maximum absolute atomic E-state index is 12.3. The van der Waals surface area contributed by atoms with Crippen LogP contribution in [0, 0.1) is 0 Å². The van der Waals surface area contributed by atoms with Gasteiger partial charge in [0.2, 0.25) is 5.91 Å². The van der Waals surface area contributed by atoms with Gasteiger partial charge in [-0.3, -0.25) is 14.6 Å². The van der Waals surface area contributed by atoms with Gasteiger partial charge in [-0.05, 0) is 34.9 Å². The van der Waals surface area contributed by atoms with Crippen molar-refractivity contribution in [2.75, 3.05) is 5.32 Å². The molecule has 0 radical (unpaired) electrons. The number of nitrogens with zero attached hydrogens (tertiary/aromatic N) is 2. The molecule has 0 bridgehead atoms. The van der Waals surface area contributed by atoms with Gasteiger partial charge in [-0.15, -0.1) is 0 Å². The lowest BCUT2D eigenvalue weighted by Crippen LogP contribution is -2.07. The zero-order valence-corrected chi connectivity index (χ0v) is 14.5. The summed E-state index contributed by atoms with van der Waals surface area (Å²) >= 11 is 0. The van der Waals surface area contributed by atoms with Crippen LogP contribution in [-0.2, 0) is 22.4 Å². The summed E-state index contributed by atoms with van der Waals surface area (Å²) in [6.45, 7) is 1.44. The Kier molecular flexibility index (Phi) is 5.49. The Morgan fingerprint density at radius 3 is 2.46 bits per heavy atom. The van der Waals surface area contributed by atoms with Gasteiger partial charge < -0.3 is 5.32 Å². The molecule has 5 nitrogen and oxygen atoms in total. The lowest BCUT2D eigenvalue weighted by Gasteiger charge is -2.07. The van der Waals surface area contributed by atoms with E-state index < -0.39 is 0 Å². The van der Waals surface area contributed by atoms with Crippen molar-refractivity contribution in [3.8, 4) is 11.1 Å². The number of carbonyl (C=O) groups is 2. The van der Waals surface area contributed by atoms with E-state index in [2.05, 4.69) is 15.3 Å². The molecule has 0 aliphatic heterocycles. The highest BCUT2D eigenvalue weighted by molar-refractivity contribution is 5.88. The van der Waals surface area contributed by atoms with Crippen molar-refractivity contribution in [3.63, 3.8) is 0 Å². The number of aromatic nitrogens is 2. The molecule has 0 aliphatic rings. The molecule has 0 spiro atoms. The second-order valence-electron chi connectivity index (χ2n) is 6.07. The maximum atomic E-state index is 12.3. The summed E-state index contributed by atoms with van der Waals surface area (Å²) in [6.07, 6.45) is 5.82. The Hall–Kier alpha value is -3.34. The van der Waals surface area contributed by atoms with Crippen LogP contribution >= 0.6 is 0 Å². The van der Waals surface area contributed by atoms with Gasteiger partial charge in [-0.25, -0.2) is 4.98 Å². The van der Waals surface area contributed by atoms with Gasteiger partial charge in [-0.2, -0.15) is 0 Å². The normalized spacial score (nSPS) is 10.3. The highest BCUT2D eigenvalue weighted by Crippen LogP contribution is 2.21. The number of hydrogen-bond donors (Lipinski definition) is 1. The van der Waals surface area contributed by atoms with Gasteiger partial charge in [0.15, 0.2) is 0 Å². The Bertz CT molecular complexity index is 923. The number of nitrogens with one attached hydrogen (secondary N) is 1. The van der Waals surface area contributed by atoms with Gasteiger partial charge in [0.05, 0.1) is 0 Å². The second-order valence-corrected chi connectivity index (χ2v) is 6.07. The highest BCUT2D eigenvalue weighted by atomic mass is 16.1. The maximum Gasteiger partial charge on any atom is 0.222 e. The van der Waals surface area contributed by atoms with Gasteiger partial charge in [0.1, 0.15) is 11.6 Å². The van der Waals surface area contributed by atoms with E-state index in [1.54, 1.807) is 24.7 Å². The summed E-state index contributed by atoms with van der Waals surface area (Å²) in [5, 5.41) is 2.66. The fraction of sp³-hybridized carbons (Fsp3) is 0.143. The first-order valence-corrected chi connectivity index (χ1v) is 8.34. The monoisotopic (exact) mass is 345 g/mol. The molecule has 0 fully saturated rings. The standard InChI is InChI=1S/C21H19N3O2/c1-15(25)24-21-12-18(7-8-23-21)19-9-17(13-22-14-19)11-20(26)10-16-5-3-2-4-6-16/h2-9,12-14H,10-11H2,1H3,(H,23,24,25). The molecule has 2 heterocycles. The first kappa shape index (κ1) is 17.5. The Morgan fingerprint density at radius 1 is 0.923 bits per heavy atom. The summed E-state index contributed by atoms with van der Waals surface area (Å²) in [5.41, 5.74) is 3.63. The zero-order valence-electron chi connectivity index (χ0n) is 14.5. The average molecular weight is 345 g/mol. The number of carbonyl (C=O) groups excluding carboxylic acids is 2. The minimum absolute atomic E-state index is 0.142. The van der Waals surface area contributed by atoms with Crippen molar-refractivity contribution in [2.24, 2.45) is 0 Å². The van der Waals surface area contributed by atoms with Crippen molar-refractivity contribution in [2.45, 2.75) is 19.8 Å². The molecule has 0 atom stereocenters. The molecule has 0 aliphatic carbocycles. The summed E-state index contributed by atoms with van der Waals surface area (Å²) < 4.78 is 0. The topological polar surface area (TPSA) is 72.0 Å². The molecule has 3 aromatic rings. The third-order valence-electron chi connectivity index (χ3n) is 3.84. The lowest BCUT2D eigenvalue weighted by atomic mass is 10.0. The Morgan fingerprint density at radius 2 is 1.69 bits per heavy atom. The summed E-state index contributed by atoms with van der Waals surface area (Å²) in [6, 6.07) is 15.3. The number of ketones is 1. The van der Waals surface area contributed by atoms with E-state index in [1.165, 1.54) is 6.92 Å². The van der Waals surface area contributed by atoms with Crippen molar-refractivity contribution < 1.29 is 9.59 Å². The van der Waals surface area contributed by atoms with Crippen molar-refractivity contribution in [1.82, 2.24) is 9.97 Å². The van der Waals surface area contributed by atoms with Crippen LogP contribution in [-0.4, -0.2) is 21.7 Å². The molecule has 0 unspecified atom stereocenters. The fourth-order valence-electron chi connectivity index (χ4n) is 2.71. The molecule has 3 rings (SSSR count). The number of hydrogen-bond acceptors (Lipinski definition) is 4. The van der Waals surface area contributed by atoms with Gasteiger partial charge in [0.25, 0.3) is 0 Å². The van der Waals surface area contributed by atoms with Crippen LogP contribution in [0.1, 0.15) is 18.1 Å². The molecule has 26 heavy (non-hydrogen) atoms. The van der Waals surface area contributed by atoms with E-state index in [0.29, 0.717) is 18.7 Å². The van der Waals surface area contributed by atoms with E-state index in [9.17, 15) is 9.59 Å². The number of pyridine rings is 2. The summed E-state index contributed by atoms with van der Waals surface area (Å²) in [7, 11) is 0. The third kappa shape index (κ3) is 4.83. The Labute approximate surface area is 152 Å². The van der Waals surface area contributed by atoms with E-state index in [-0.39, 0.29) is 11.7 Å². The third-order valence-corrected chi connectivity index (χ3v) is 3.84. The second kappa shape index (κ2) is 8.16. The molecule has 0 saturated heterocycles. The molecule has 5 heteroatoms. The van der Waals surface area contributed by atoms with Crippen molar-refractivity contribution >= 4 is 17.5 Å².